The summed E-state index contributed by atoms with van der Waals surface area (Å²) in [6, 6.07) is 6.04. The van der Waals surface area contributed by atoms with Crippen molar-refractivity contribution in [2.24, 2.45) is 7.05 Å². The summed E-state index contributed by atoms with van der Waals surface area (Å²) in [6.45, 7) is 10.5. The van der Waals surface area contributed by atoms with Gasteiger partial charge in [-0.25, -0.2) is 0 Å². The molecular formula is C21H30N3O2+. The van der Waals surface area contributed by atoms with Crippen LogP contribution in [0.25, 0.3) is 0 Å². The number of carbonyl (C=O) groups excluding carboxylic acids is 2. The molecule has 2 rings (SSSR count). The number of carbonyl (C=O) groups is 2. The van der Waals surface area contributed by atoms with Crippen molar-refractivity contribution >= 4 is 17.4 Å². The second-order valence-electron chi connectivity index (χ2n) is 7.40. The Hall–Kier alpha value is -2.40. The molecule has 26 heavy (non-hydrogen) atoms. The monoisotopic (exact) mass is 356 g/mol. The van der Waals surface area contributed by atoms with Crippen LogP contribution in [0.1, 0.15) is 38.4 Å². The SMILES string of the molecule is Cc1cc(C)c(NC(=O)C[NH+](C)CC(=O)c2cc(C)n(C)c2C)c(C)c1. The van der Waals surface area contributed by atoms with Gasteiger partial charge < -0.3 is 14.8 Å². The number of rotatable bonds is 6. The molecule has 1 unspecified atom stereocenters. The molecular weight excluding hydrogens is 326 g/mol. The largest absolute Gasteiger partial charge is 0.351 e. The van der Waals surface area contributed by atoms with Gasteiger partial charge in [-0.3, -0.25) is 9.59 Å². The van der Waals surface area contributed by atoms with E-state index in [0.717, 1.165) is 38.7 Å². The minimum atomic E-state index is -0.0775. The van der Waals surface area contributed by atoms with E-state index in [0.29, 0.717) is 6.54 Å². The Kier molecular flexibility index (Phi) is 6.03. The Morgan fingerprint density at radius 2 is 1.58 bits per heavy atom. The number of amides is 1. The normalized spacial score (nSPS) is 12.1. The fraction of sp³-hybridized carbons (Fsp3) is 0.429. The van der Waals surface area contributed by atoms with Crippen LogP contribution in [0.5, 0.6) is 0 Å². The van der Waals surface area contributed by atoms with Crippen molar-refractivity contribution in [3.63, 3.8) is 0 Å². The van der Waals surface area contributed by atoms with Gasteiger partial charge in [0.2, 0.25) is 5.78 Å². The molecule has 0 aliphatic carbocycles. The lowest BCUT2D eigenvalue weighted by Crippen LogP contribution is -3.11. The van der Waals surface area contributed by atoms with E-state index in [1.165, 1.54) is 5.56 Å². The van der Waals surface area contributed by atoms with E-state index in [-0.39, 0.29) is 18.2 Å². The summed E-state index contributed by atoms with van der Waals surface area (Å²) in [5.74, 6) is -0.00878. The number of aryl methyl sites for hydroxylation is 4. The van der Waals surface area contributed by atoms with Gasteiger partial charge in [0, 0.05) is 29.7 Å². The van der Waals surface area contributed by atoms with Crippen molar-refractivity contribution in [1.29, 1.82) is 0 Å². The number of hydrogen-bond donors (Lipinski definition) is 2. The topological polar surface area (TPSA) is 55.5 Å². The molecule has 0 bridgehead atoms. The molecule has 5 heteroatoms. The molecule has 5 nitrogen and oxygen atoms in total. The molecule has 1 heterocycles. The Bertz CT molecular complexity index is 826. The molecule has 2 aromatic rings. The maximum atomic E-state index is 12.6. The van der Waals surface area contributed by atoms with Crippen LogP contribution in [0.15, 0.2) is 18.2 Å². The van der Waals surface area contributed by atoms with Gasteiger partial charge in [0.15, 0.2) is 6.54 Å². The lowest BCUT2D eigenvalue weighted by Gasteiger charge is -2.16. The average Bonchev–Trinajstić information content (AvgIpc) is 2.78. The average molecular weight is 356 g/mol. The maximum Gasteiger partial charge on any atom is 0.279 e. The number of benzene rings is 1. The Morgan fingerprint density at radius 1 is 1.00 bits per heavy atom. The number of quaternary nitrogens is 1. The first-order chi connectivity index (χ1) is 12.1. The molecule has 0 saturated carbocycles. The highest BCUT2D eigenvalue weighted by Crippen LogP contribution is 2.21. The van der Waals surface area contributed by atoms with E-state index in [1.54, 1.807) is 0 Å². The van der Waals surface area contributed by atoms with Crippen LogP contribution in [-0.4, -0.2) is 36.4 Å². The van der Waals surface area contributed by atoms with Gasteiger partial charge >= 0.3 is 0 Å². The summed E-state index contributed by atoms with van der Waals surface area (Å²) in [4.78, 5) is 25.8. The minimum Gasteiger partial charge on any atom is -0.351 e. The van der Waals surface area contributed by atoms with Gasteiger partial charge in [0.05, 0.1) is 7.05 Å². The fourth-order valence-electron chi connectivity index (χ4n) is 3.40. The second-order valence-corrected chi connectivity index (χ2v) is 7.40. The van der Waals surface area contributed by atoms with Crippen molar-refractivity contribution in [1.82, 2.24) is 4.57 Å². The van der Waals surface area contributed by atoms with Gasteiger partial charge in [-0.2, -0.15) is 0 Å². The van der Waals surface area contributed by atoms with Crippen LogP contribution in [0.2, 0.25) is 0 Å². The first-order valence-electron chi connectivity index (χ1n) is 8.95. The van der Waals surface area contributed by atoms with E-state index in [9.17, 15) is 9.59 Å². The van der Waals surface area contributed by atoms with Gasteiger partial charge in [-0.05, 0) is 51.8 Å². The predicted molar refractivity (Wildman–Crippen MR) is 105 cm³/mol. The third kappa shape index (κ3) is 4.41. The van der Waals surface area contributed by atoms with E-state index in [1.807, 2.05) is 59.3 Å². The zero-order chi connectivity index (χ0) is 19.6. The quantitative estimate of drug-likeness (QED) is 0.777. The highest BCUT2D eigenvalue weighted by Gasteiger charge is 2.20. The predicted octanol–water partition coefficient (Wildman–Crippen LogP) is 1.90. The number of nitrogens with one attached hydrogen (secondary N) is 2. The number of ketones is 1. The Balaban J connectivity index is 1.99. The van der Waals surface area contributed by atoms with Gasteiger partial charge in [-0.15, -0.1) is 0 Å². The Morgan fingerprint density at radius 3 is 2.08 bits per heavy atom. The lowest BCUT2D eigenvalue weighted by molar-refractivity contribution is -0.861. The van der Waals surface area contributed by atoms with Crippen LogP contribution >= 0.6 is 0 Å². The summed E-state index contributed by atoms with van der Waals surface area (Å²) in [5.41, 5.74) is 6.94. The molecule has 1 amide bonds. The zero-order valence-electron chi connectivity index (χ0n) is 16.9. The minimum absolute atomic E-state index is 0.0687. The number of Topliss-reactive ketones (excluding diaryl/α,β-unsaturated/α-hetero) is 1. The first kappa shape index (κ1) is 19.9. The van der Waals surface area contributed by atoms with Gasteiger partial charge in [-0.1, -0.05) is 17.7 Å². The smallest absolute Gasteiger partial charge is 0.279 e. The summed E-state index contributed by atoms with van der Waals surface area (Å²) in [6.07, 6.45) is 0. The molecule has 0 fully saturated rings. The summed E-state index contributed by atoms with van der Waals surface area (Å²) in [5, 5.41) is 3.00. The molecule has 2 N–H and O–H groups in total. The number of anilines is 1. The molecule has 0 aliphatic heterocycles. The van der Waals surface area contributed by atoms with Crippen LogP contribution in [0.4, 0.5) is 5.69 Å². The fourth-order valence-corrected chi connectivity index (χ4v) is 3.40. The molecule has 0 aliphatic rings. The molecule has 0 spiro atoms. The van der Waals surface area contributed by atoms with Crippen LogP contribution in [0.3, 0.4) is 0 Å². The van der Waals surface area contributed by atoms with Crippen molar-refractivity contribution < 1.29 is 14.5 Å². The van der Waals surface area contributed by atoms with E-state index in [4.69, 9.17) is 0 Å². The molecule has 1 aromatic carbocycles. The van der Waals surface area contributed by atoms with Crippen molar-refractivity contribution in [2.75, 3.05) is 25.5 Å². The maximum absolute atomic E-state index is 12.6. The summed E-state index contributed by atoms with van der Waals surface area (Å²) in [7, 11) is 3.83. The van der Waals surface area contributed by atoms with Crippen molar-refractivity contribution in [3.8, 4) is 0 Å². The van der Waals surface area contributed by atoms with Crippen LogP contribution in [0, 0.1) is 34.6 Å². The number of likely N-dealkylation sites (N-methyl/N-ethyl adjacent to an activating group) is 1. The first-order valence-corrected chi connectivity index (χ1v) is 8.95. The lowest BCUT2D eigenvalue weighted by atomic mass is 10.1. The van der Waals surface area contributed by atoms with Crippen molar-refractivity contribution in [3.05, 3.63) is 51.8 Å². The van der Waals surface area contributed by atoms with Crippen LogP contribution < -0.4 is 10.2 Å². The third-order valence-corrected chi connectivity index (χ3v) is 4.94. The summed E-state index contributed by atoms with van der Waals surface area (Å²) < 4.78 is 2.01. The standard InChI is InChI=1S/C21H29N3O2/c1-13-8-14(2)21(15(3)9-13)22-20(26)12-23(6)11-19(25)18-10-16(4)24(7)17(18)5/h8-10H,11-12H2,1-7H3,(H,22,26)/p+1. The van der Waals surface area contributed by atoms with E-state index >= 15 is 0 Å². The van der Waals surface area contributed by atoms with Crippen molar-refractivity contribution in [2.45, 2.75) is 34.6 Å². The van der Waals surface area contributed by atoms with E-state index in [2.05, 4.69) is 17.4 Å². The Labute approximate surface area is 156 Å². The van der Waals surface area contributed by atoms with E-state index < -0.39 is 0 Å². The number of nitrogens with zero attached hydrogens (tertiary/aromatic N) is 1. The third-order valence-electron chi connectivity index (χ3n) is 4.94. The van der Waals surface area contributed by atoms with Crippen LogP contribution in [-0.2, 0) is 11.8 Å². The zero-order valence-corrected chi connectivity index (χ0v) is 16.9. The molecule has 0 radical (unpaired) electrons. The number of aromatic nitrogens is 1. The highest BCUT2D eigenvalue weighted by atomic mass is 16.2. The molecule has 1 atom stereocenters. The second kappa shape index (κ2) is 7.87. The molecule has 140 valence electrons. The molecule has 1 aromatic heterocycles. The summed E-state index contributed by atoms with van der Waals surface area (Å²) >= 11 is 0. The highest BCUT2D eigenvalue weighted by molar-refractivity contribution is 5.98. The van der Waals surface area contributed by atoms with Gasteiger partial charge in [0.1, 0.15) is 6.54 Å². The number of hydrogen-bond acceptors (Lipinski definition) is 2. The molecule has 0 saturated heterocycles. The van der Waals surface area contributed by atoms with Gasteiger partial charge in [0.25, 0.3) is 5.91 Å².